The molecule has 0 aliphatic carbocycles. The fourth-order valence-corrected chi connectivity index (χ4v) is 3.75. The highest BCUT2D eigenvalue weighted by Crippen LogP contribution is 2.29. The first-order valence-corrected chi connectivity index (χ1v) is 11.2. The van der Waals surface area contributed by atoms with Crippen LogP contribution in [0.5, 0.6) is 23.0 Å². The maximum absolute atomic E-state index is 11.1. The lowest BCUT2D eigenvalue weighted by Gasteiger charge is -2.14. The fourth-order valence-electron chi connectivity index (χ4n) is 3.75. The molecule has 35 heavy (non-hydrogen) atoms. The van der Waals surface area contributed by atoms with Crippen LogP contribution in [0, 0.1) is 0 Å². The van der Waals surface area contributed by atoms with Crippen LogP contribution in [0.1, 0.15) is 23.4 Å². The van der Waals surface area contributed by atoms with Crippen LogP contribution in [0.3, 0.4) is 0 Å². The molecule has 182 valence electrons. The molecule has 0 aliphatic rings. The van der Waals surface area contributed by atoms with E-state index in [0.717, 1.165) is 39.5 Å². The summed E-state index contributed by atoms with van der Waals surface area (Å²) in [5, 5.41) is 9.12. The highest BCUT2D eigenvalue weighted by atomic mass is 16.5. The summed E-state index contributed by atoms with van der Waals surface area (Å²) in [5.74, 6) is 2.61. The molecule has 1 N–H and O–H groups in total. The molecule has 1 aromatic heterocycles. The summed E-state index contributed by atoms with van der Waals surface area (Å²) in [6, 6.07) is 18.8. The normalized spacial score (nSPS) is 10.8. The van der Waals surface area contributed by atoms with Gasteiger partial charge in [0.25, 0.3) is 0 Å². The first-order chi connectivity index (χ1) is 17.0. The van der Waals surface area contributed by atoms with Crippen molar-refractivity contribution in [3.05, 3.63) is 77.6 Å². The van der Waals surface area contributed by atoms with Crippen LogP contribution in [0.4, 0.5) is 0 Å². The number of hydrogen-bond donors (Lipinski definition) is 1. The zero-order valence-electron chi connectivity index (χ0n) is 20.0. The van der Waals surface area contributed by atoms with Crippen molar-refractivity contribution >= 4 is 17.0 Å². The van der Waals surface area contributed by atoms with Crippen molar-refractivity contribution in [2.45, 2.75) is 26.1 Å². The first-order valence-electron chi connectivity index (χ1n) is 11.2. The summed E-state index contributed by atoms with van der Waals surface area (Å²) in [6.45, 7) is 0.574. The Bertz CT molecular complexity index is 1330. The standard InChI is InChI=1S/C27H28N2O6/c1-29-24-14-21(33-3)10-11-23(24)28-26(29)17-34-22-9-7-19(8-12-27(30)31)25(15-22)35-16-18-5-4-6-20(13-18)32-2/h4-7,9-11,13-15H,8,12,16-17H2,1-3H3,(H,30,31). The number of rotatable bonds is 11. The highest BCUT2D eigenvalue weighted by Gasteiger charge is 2.12. The molecule has 0 unspecified atom stereocenters. The number of ether oxygens (including phenoxy) is 4. The number of fused-ring (bicyclic) bond motifs is 1. The lowest BCUT2D eigenvalue weighted by Crippen LogP contribution is -2.05. The molecule has 4 rings (SSSR count). The summed E-state index contributed by atoms with van der Waals surface area (Å²) in [7, 11) is 5.19. The van der Waals surface area contributed by atoms with Gasteiger partial charge in [0.05, 0.1) is 25.3 Å². The molecule has 0 saturated carbocycles. The largest absolute Gasteiger partial charge is 0.497 e. The second-order valence-corrected chi connectivity index (χ2v) is 8.03. The molecular weight excluding hydrogens is 448 g/mol. The van der Waals surface area contributed by atoms with E-state index >= 15 is 0 Å². The van der Waals surface area contributed by atoms with Gasteiger partial charge in [-0.25, -0.2) is 4.98 Å². The Morgan fingerprint density at radius 2 is 1.69 bits per heavy atom. The third kappa shape index (κ3) is 5.84. The smallest absolute Gasteiger partial charge is 0.303 e. The molecule has 0 saturated heterocycles. The maximum Gasteiger partial charge on any atom is 0.303 e. The third-order valence-corrected chi connectivity index (χ3v) is 5.72. The molecule has 4 aromatic rings. The molecule has 0 fully saturated rings. The SMILES string of the molecule is COc1cccc(COc2cc(OCc3nc4ccc(OC)cc4n3C)ccc2CCC(=O)O)c1. The van der Waals surface area contributed by atoms with E-state index in [9.17, 15) is 4.79 Å². The van der Waals surface area contributed by atoms with Gasteiger partial charge >= 0.3 is 5.97 Å². The zero-order chi connectivity index (χ0) is 24.8. The lowest BCUT2D eigenvalue weighted by molar-refractivity contribution is -0.136. The Labute approximate surface area is 203 Å². The van der Waals surface area contributed by atoms with E-state index in [-0.39, 0.29) is 13.0 Å². The van der Waals surface area contributed by atoms with Crippen LogP contribution in [0.2, 0.25) is 0 Å². The van der Waals surface area contributed by atoms with Gasteiger partial charge in [0.15, 0.2) is 0 Å². The van der Waals surface area contributed by atoms with Gasteiger partial charge in [0, 0.05) is 25.6 Å². The van der Waals surface area contributed by atoms with E-state index in [2.05, 4.69) is 4.98 Å². The molecule has 0 spiro atoms. The summed E-state index contributed by atoms with van der Waals surface area (Å²) < 4.78 is 24.7. The molecule has 0 atom stereocenters. The Kier molecular flexibility index (Phi) is 7.40. The molecular formula is C27H28N2O6. The molecule has 0 radical (unpaired) electrons. The Morgan fingerprint density at radius 1 is 0.914 bits per heavy atom. The van der Waals surface area contributed by atoms with E-state index in [1.807, 2.05) is 66.2 Å². The molecule has 0 aliphatic heterocycles. The third-order valence-electron chi connectivity index (χ3n) is 5.72. The van der Waals surface area contributed by atoms with Gasteiger partial charge in [0.1, 0.15) is 42.0 Å². The molecule has 0 amide bonds. The first kappa shape index (κ1) is 23.9. The Hall–Kier alpha value is -4.20. The number of aromatic nitrogens is 2. The van der Waals surface area contributed by atoms with Gasteiger partial charge in [0.2, 0.25) is 0 Å². The van der Waals surface area contributed by atoms with E-state index in [1.54, 1.807) is 20.3 Å². The van der Waals surface area contributed by atoms with Gasteiger partial charge in [-0.3, -0.25) is 4.79 Å². The van der Waals surface area contributed by atoms with Crippen LogP contribution in [0.25, 0.3) is 11.0 Å². The van der Waals surface area contributed by atoms with Crippen LogP contribution >= 0.6 is 0 Å². The highest BCUT2D eigenvalue weighted by molar-refractivity contribution is 5.77. The Morgan fingerprint density at radius 3 is 2.46 bits per heavy atom. The van der Waals surface area contributed by atoms with E-state index in [1.165, 1.54) is 0 Å². The quantitative estimate of drug-likeness (QED) is 0.333. The maximum atomic E-state index is 11.1. The van der Waals surface area contributed by atoms with Gasteiger partial charge in [-0.05, 0) is 47.9 Å². The zero-order valence-corrected chi connectivity index (χ0v) is 20.0. The van der Waals surface area contributed by atoms with Crippen molar-refractivity contribution in [2.24, 2.45) is 7.05 Å². The minimum absolute atomic E-state index is 0.0129. The van der Waals surface area contributed by atoms with Crippen LogP contribution < -0.4 is 18.9 Å². The van der Waals surface area contributed by atoms with Crippen LogP contribution in [0.15, 0.2) is 60.7 Å². The molecule has 8 nitrogen and oxygen atoms in total. The lowest BCUT2D eigenvalue weighted by atomic mass is 10.1. The Balaban J connectivity index is 1.52. The van der Waals surface area contributed by atoms with Crippen molar-refractivity contribution in [1.82, 2.24) is 9.55 Å². The topological polar surface area (TPSA) is 92.0 Å². The van der Waals surface area contributed by atoms with Gasteiger partial charge in [-0.15, -0.1) is 0 Å². The summed E-state index contributed by atoms with van der Waals surface area (Å²) in [4.78, 5) is 15.8. The number of aryl methyl sites for hydroxylation is 2. The van der Waals surface area contributed by atoms with Crippen LogP contribution in [-0.2, 0) is 31.5 Å². The second kappa shape index (κ2) is 10.8. The number of methoxy groups -OCH3 is 2. The predicted octanol–water partition coefficient (Wildman–Crippen LogP) is 4.77. The molecule has 0 bridgehead atoms. The summed E-state index contributed by atoms with van der Waals surface area (Å²) >= 11 is 0. The van der Waals surface area contributed by atoms with Gasteiger partial charge in [-0.1, -0.05) is 18.2 Å². The molecule has 1 heterocycles. The minimum atomic E-state index is -0.859. The average molecular weight is 477 g/mol. The van der Waals surface area contributed by atoms with E-state index in [4.69, 9.17) is 24.1 Å². The molecule has 8 heteroatoms. The van der Waals surface area contributed by atoms with E-state index in [0.29, 0.717) is 24.5 Å². The predicted molar refractivity (Wildman–Crippen MR) is 131 cm³/mol. The number of carbonyl (C=O) groups is 1. The number of nitrogens with zero attached hydrogens (tertiary/aromatic N) is 2. The van der Waals surface area contributed by atoms with Crippen molar-refractivity contribution in [3.8, 4) is 23.0 Å². The van der Waals surface area contributed by atoms with E-state index < -0.39 is 5.97 Å². The summed E-state index contributed by atoms with van der Waals surface area (Å²) in [5.41, 5.74) is 3.56. The number of carboxylic acid groups (broad SMARTS) is 1. The van der Waals surface area contributed by atoms with Crippen LogP contribution in [-0.4, -0.2) is 34.8 Å². The minimum Gasteiger partial charge on any atom is -0.497 e. The second-order valence-electron chi connectivity index (χ2n) is 8.03. The van der Waals surface area contributed by atoms with Crippen molar-refractivity contribution in [3.63, 3.8) is 0 Å². The van der Waals surface area contributed by atoms with Crippen molar-refractivity contribution in [1.29, 1.82) is 0 Å². The number of hydrogen-bond acceptors (Lipinski definition) is 6. The van der Waals surface area contributed by atoms with Crippen molar-refractivity contribution < 1.29 is 28.8 Å². The number of carboxylic acids is 1. The average Bonchev–Trinajstić information content (AvgIpc) is 3.20. The fraction of sp³-hybridized carbons (Fsp3) is 0.259. The number of benzene rings is 3. The number of imidazole rings is 1. The summed E-state index contributed by atoms with van der Waals surface area (Å²) in [6.07, 6.45) is 0.370. The van der Waals surface area contributed by atoms with Gasteiger partial charge < -0.3 is 28.6 Å². The molecule has 3 aromatic carbocycles. The monoisotopic (exact) mass is 476 g/mol. The van der Waals surface area contributed by atoms with Gasteiger partial charge in [-0.2, -0.15) is 0 Å². The van der Waals surface area contributed by atoms with Crippen molar-refractivity contribution in [2.75, 3.05) is 14.2 Å². The number of aliphatic carboxylic acids is 1.